The van der Waals surface area contributed by atoms with Crippen LogP contribution < -0.4 is 5.32 Å². The van der Waals surface area contributed by atoms with Crippen molar-refractivity contribution in [2.45, 2.75) is 52.0 Å². The smallest absolute Gasteiger partial charge is 0.335 e. The van der Waals surface area contributed by atoms with Gasteiger partial charge in [-0.2, -0.15) is 0 Å². The molecule has 1 aliphatic heterocycles. The molecule has 1 heterocycles. The van der Waals surface area contributed by atoms with Crippen molar-refractivity contribution >= 4 is 29.4 Å². The maximum absolute atomic E-state index is 13.4. The lowest BCUT2D eigenvalue weighted by Crippen LogP contribution is -2.54. The number of nitrogens with one attached hydrogen (secondary N) is 1. The molecule has 0 radical (unpaired) electrons. The zero-order valence-electron chi connectivity index (χ0n) is 19.3. The van der Waals surface area contributed by atoms with Gasteiger partial charge < -0.3 is 15.3 Å². The van der Waals surface area contributed by atoms with E-state index in [1.165, 1.54) is 23.8 Å². The van der Waals surface area contributed by atoms with Gasteiger partial charge in [-0.15, -0.1) is 0 Å². The van der Waals surface area contributed by atoms with Crippen LogP contribution in [0.1, 0.15) is 72.2 Å². The second kappa shape index (κ2) is 10.4. The number of hydrogen-bond acceptors (Lipinski definition) is 3. The van der Waals surface area contributed by atoms with Crippen LogP contribution in [0.25, 0.3) is 0 Å². The molecule has 0 spiro atoms. The van der Waals surface area contributed by atoms with Crippen LogP contribution >= 0.6 is 11.6 Å². The van der Waals surface area contributed by atoms with Gasteiger partial charge in [0.25, 0.3) is 5.91 Å². The Morgan fingerprint density at radius 1 is 1.15 bits per heavy atom. The summed E-state index contributed by atoms with van der Waals surface area (Å²) in [6.07, 6.45) is 2.07. The van der Waals surface area contributed by atoms with Gasteiger partial charge in [-0.05, 0) is 60.1 Å². The first-order valence-corrected chi connectivity index (χ1v) is 11.7. The summed E-state index contributed by atoms with van der Waals surface area (Å²) in [4.78, 5) is 39.3. The lowest BCUT2D eigenvalue weighted by molar-refractivity contribution is -0.137. The molecule has 33 heavy (non-hydrogen) atoms. The van der Waals surface area contributed by atoms with E-state index in [2.05, 4.69) is 31.3 Å². The number of amides is 2. The number of carboxylic acids is 1. The SMILES string of the molecule is CCC[C@@H](NC(=O)c1cccc(C(=O)O)c1)C(=O)N1CCC(c2ccc(Cl)cc2)C(C)(C)C1. The summed E-state index contributed by atoms with van der Waals surface area (Å²) < 4.78 is 0. The molecule has 0 aromatic heterocycles. The van der Waals surface area contributed by atoms with Crippen molar-refractivity contribution in [2.24, 2.45) is 5.41 Å². The number of nitrogens with zero attached hydrogens (tertiary/aromatic N) is 1. The lowest BCUT2D eigenvalue weighted by Gasteiger charge is -2.45. The van der Waals surface area contributed by atoms with Gasteiger partial charge in [-0.3, -0.25) is 9.59 Å². The first-order valence-electron chi connectivity index (χ1n) is 11.3. The van der Waals surface area contributed by atoms with Gasteiger partial charge in [-0.1, -0.05) is 57.0 Å². The topological polar surface area (TPSA) is 86.7 Å². The third-order valence-electron chi connectivity index (χ3n) is 6.37. The molecule has 2 aromatic rings. The maximum atomic E-state index is 13.4. The van der Waals surface area contributed by atoms with Gasteiger partial charge in [0.15, 0.2) is 0 Å². The Morgan fingerprint density at radius 3 is 2.42 bits per heavy atom. The molecule has 176 valence electrons. The van der Waals surface area contributed by atoms with E-state index in [1.807, 2.05) is 24.0 Å². The van der Waals surface area contributed by atoms with E-state index in [0.717, 1.165) is 12.8 Å². The number of halogens is 1. The number of carbonyl (C=O) groups excluding carboxylic acids is 2. The molecule has 0 saturated carbocycles. The molecule has 1 unspecified atom stereocenters. The highest BCUT2D eigenvalue weighted by molar-refractivity contribution is 6.30. The highest BCUT2D eigenvalue weighted by atomic mass is 35.5. The number of benzene rings is 2. The zero-order chi connectivity index (χ0) is 24.2. The molecule has 1 saturated heterocycles. The van der Waals surface area contributed by atoms with Gasteiger partial charge in [0.05, 0.1) is 5.56 Å². The van der Waals surface area contributed by atoms with Crippen molar-refractivity contribution in [1.82, 2.24) is 10.2 Å². The highest BCUT2D eigenvalue weighted by Crippen LogP contribution is 2.42. The Bertz CT molecular complexity index is 1020. The fourth-order valence-corrected chi connectivity index (χ4v) is 4.79. The van der Waals surface area contributed by atoms with E-state index in [9.17, 15) is 19.5 Å². The predicted octanol–water partition coefficient (Wildman–Crippen LogP) is 4.98. The Hall–Kier alpha value is -2.86. The van der Waals surface area contributed by atoms with E-state index < -0.39 is 17.9 Å². The van der Waals surface area contributed by atoms with Crippen LogP contribution in [-0.2, 0) is 4.79 Å². The predicted molar refractivity (Wildman–Crippen MR) is 129 cm³/mol. The summed E-state index contributed by atoms with van der Waals surface area (Å²) in [5.41, 5.74) is 1.34. The van der Waals surface area contributed by atoms with E-state index in [1.54, 1.807) is 6.07 Å². The third-order valence-corrected chi connectivity index (χ3v) is 6.62. The molecule has 0 aliphatic carbocycles. The van der Waals surface area contributed by atoms with Crippen molar-refractivity contribution in [3.05, 3.63) is 70.2 Å². The summed E-state index contributed by atoms with van der Waals surface area (Å²) in [5, 5.41) is 12.7. The van der Waals surface area contributed by atoms with Crippen molar-refractivity contribution in [3.8, 4) is 0 Å². The lowest BCUT2D eigenvalue weighted by atomic mass is 9.70. The van der Waals surface area contributed by atoms with Gasteiger partial charge in [0.1, 0.15) is 6.04 Å². The number of hydrogen-bond donors (Lipinski definition) is 2. The average molecular weight is 471 g/mol. The Balaban J connectivity index is 1.72. The molecule has 3 rings (SSSR count). The summed E-state index contributed by atoms with van der Waals surface area (Å²) in [7, 11) is 0. The first kappa shape index (κ1) is 24.8. The van der Waals surface area contributed by atoms with Crippen LogP contribution in [0.15, 0.2) is 48.5 Å². The number of carbonyl (C=O) groups is 3. The Labute approximate surface area is 199 Å². The Kier molecular flexibility index (Phi) is 7.80. The molecule has 2 amide bonds. The van der Waals surface area contributed by atoms with Crippen LogP contribution in [0.4, 0.5) is 0 Å². The molecular formula is C26H31ClN2O4. The highest BCUT2D eigenvalue weighted by Gasteiger charge is 2.39. The largest absolute Gasteiger partial charge is 0.478 e. The van der Waals surface area contributed by atoms with Gasteiger partial charge in [0, 0.05) is 23.7 Å². The second-order valence-electron chi connectivity index (χ2n) is 9.34. The monoisotopic (exact) mass is 470 g/mol. The molecule has 7 heteroatoms. The third kappa shape index (κ3) is 5.93. The number of piperidine rings is 1. The summed E-state index contributed by atoms with van der Waals surface area (Å²) in [6, 6.07) is 13.1. The molecule has 0 bridgehead atoms. The van der Waals surface area contributed by atoms with Crippen LogP contribution in [0, 0.1) is 5.41 Å². The molecule has 2 N–H and O–H groups in total. The first-order chi connectivity index (χ1) is 15.6. The second-order valence-corrected chi connectivity index (χ2v) is 9.78. The number of likely N-dealkylation sites (tertiary alicyclic amines) is 1. The van der Waals surface area contributed by atoms with Crippen LogP contribution in [0.5, 0.6) is 0 Å². The van der Waals surface area contributed by atoms with Crippen molar-refractivity contribution < 1.29 is 19.5 Å². The van der Waals surface area contributed by atoms with Crippen molar-refractivity contribution in [3.63, 3.8) is 0 Å². The van der Waals surface area contributed by atoms with Gasteiger partial charge >= 0.3 is 5.97 Å². The van der Waals surface area contributed by atoms with Crippen molar-refractivity contribution in [1.29, 1.82) is 0 Å². The van der Waals surface area contributed by atoms with Crippen LogP contribution in [0.3, 0.4) is 0 Å². The standard InChI is InChI=1S/C26H31ClN2O4/c1-4-6-22(28-23(30)18-7-5-8-19(15-18)25(32)33)24(31)29-14-13-21(26(2,3)16-29)17-9-11-20(27)12-10-17/h5,7-12,15,21-22H,4,6,13-14,16H2,1-3H3,(H,28,30)(H,32,33)/t21?,22-/m1/s1. The summed E-state index contributed by atoms with van der Waals surface area (Å²) >= 11 is 6.04. The number of rotatable bonds is 7. The molecule has 2 atom stereocenters. The minimum Gasteiger partial charge on any atom is -0.478 e. The summed E-state index contributed by atoms with van der Waals surface area (Å²) in [6.45, 7) is 7.49. The molecule has 6 nitrogen and oxygen atoms in total. The molecule has 2 aromatic carbocycles. The van der Waals surface area contributed by atoms with E-state index in [-0.39, 0.29) is 22.4 Å². The minimum atomic E-state index is -1.10. The number of aromatic carboxylic acids is 1. The quantitative estimate of drug-likeness (QED) is 0.597. The normalized spacial score (nSPS) is 18.4. The van der Waals surface area contributed by atoms with Gasteiger partial charge in [-0.25, -0.2) is 4.79 Å². The fourth-order valence-electron chi connectivity index (χ4n) is 4.66. The molecule has 1 fully saturated rings. The maximum Gasteiger partial charge on any atom is 0.335 e. The molecule has 1 aliphatic rings. The Morgan fingerprint density at radius 2 is 1.82 bits per heavy atom. The fraction of sp³-hybridized carbons (Fsp3) is 0.423. The van der Waals surface area contributed by atoms with E-state index in [4.69, 9.17) is 11.6 Å². The van der Waals surface area contributed by atoms with Crippen LogP contribution in [-0.4, -0.2) is 46.9 Å². The van der Waals surface area contributed by atoms with Crippen LogP contribution in [0.2, 0.25) is 5.02 Å². The van der Waals surface area contributed by atoms with E-state index in [0.29, 0.717) is 30.5 Å². The number of carboxylic acid groups (broad SMARTS) is 1. The van der Waals surface area contributed by atoms with Gasteiger partial charge in [0.2, 0.25) is 5.91 Å². The zero-order valence-corrected chi connectivity index (χ0v) is 20.1. The summed E-state index contributed by atoms with van der Waals surface area (Å²) in [5.74, 6) is -1.34. The minimum absolute atomic E-state index is 0.0343. The molecular weight excluding hydrogens is 440 g/mol. The average Bonchev–Trinajstić information content (AvgIpc) is 2.78. The van der Waals surface area contributed by atoms with E-state index >= 15 is 0 Å². The van der Waals surface area contributed by atoms with Crippen molar-refractivity contribution in [2.75, 3.05) is 13.1 Å².